The molecule has 1 unspecified atom stereocenters. The zero-order valence-corrected chi connectivity index (χ0v) is 18.2. The molecule has 0 saturated carbocycles. The maximum absolute atomic E-state index is 11.9. The highest BCUT2D eigenvalue weighted by Crippen LogP contribution is 2.24. The van der Waals surface area contributed by atoms with E-state index in [2.05, 4.69) is 19.1 Å². The molecule has 154 valence electrons. The van der Waals surface area contributed by atoms with Crippen molar-refractivity contribution in [2.45, 2.75) is 122 Å². The normalized spacial score (nSPS) is 12.2. The molecule has 1 aromatic carbocycles. The van der Waals surface area contributed by atoms with Crippen molar-refractivity contribution < 1.29 is 4.79 Å². The third-order valence-electron chi connectivity index (χ3n) is 5.79. The monoisotopic (exact) mass is 372 g/mol. The topological polar surface area (TPSA) is 17.1 Å². The largest absolute Gasteiger partial charge is 0.299 e. The van der Waals surface area contributed by atoms with E-state index in [0.29, 0.717) is 5.78 Å². The molecule has 0 aromatic heterocycles. The van der Waals surface area contributed by atoms with Gasteiger partial charge in [0.2, 0.25) is 0 Å². The van der Waals surface area contributed by atoms with Gasteiger partial charge in [-0.1, -0.05) is 134 Å². The summed E-state index contributed by atoms with van der Waals surface area (Å²) in [7, 11) is 0. The van der Waals surface area contributed by atoms with E-state index in [-0.39, 0.29) is 5.92 Å². The second kappa shape index (κ2) is 17.0. The maximum Gasteiger partial charge on any atom is 0.137 e. The summed E-state index contributed by atoms with van der Waals surface area (Å²) in [6.45, 7) is 4.02. The van der Waals surface area contributed by atoms with Crippen LogP contribution in [0.5, 0.6) is 0 Å². The fourth-order valence-electron chi connectivity index (χ4n) is 4.01. The first kappa shape index (κ1) is 23.9. The van der Waals surface area contributed by atoms with Gasteiger partial charge in [0, 0.05) is 5.92 Å². The number of unbranched alkanes of at least 4 members (excludes halogenated alkanes) is 14. The quantitative estimate of drug-likeness (QED) is 0.236. The third kappa shape index (κ3) is 12.8. The van der Waals surface area contributed by atoms with Crippen LogP contribution in [0.4, 0.5) is 0 Å². The van der Waals surface area contributed by atoms with Gasteiger partial charge in [0.1, 0.15) is 5.78 Å². The molecule has 1 atom stereocenters. The van der Waals surface area contributed by atoms with Crippen molar-refractivity contribution >= 4 is 5.78 Å². The molecule has 0 aliphatic heterocycles. The lowest BCUT2D eigenvalue weighted by atomic mass is 9.90. The van der Waals surface area contributed by atoms with Crippen LogP contribution in [0.1, 0.15) is 128 Å². The van der Waals surface area contributed by atoms with Crippen molar-refractivity contribution in [2.75, 3.05) is 0 Å². The highest BCUT2D eigenvalue weighted by Gasteiger charge is 2.15. The summed E-state index contributed by atoms with van der Waals surface area (Å²) in [5.41, 5.74) is 1.19. The summed E-state index contributed by atoms with van der Waals surface area (Å²) < 4.78 is 0. The lowest BCUT2D eigenvalue weighted by Gasteiger charge is -2.14. The number of carbonyl (C=O) groups is 1. The zero-order chi connectivity index (χ0) is 19.6. The SMILES string of the molecule is CCCCCCCCCCCCCCCCCC(C(C)=O)c1ccccc1. The highest BCUT2D eigenvalue weighted by molar-refractivity contribution is 5.83. The molecular formula is C26H44O. The van der Waals surface area contributed by atoms with Crippen LogP contribution in [0.15, 0.2) is 30.3 Å². The minimum absolute atomic E-state index is 0.105. The van der Waals surface area contributed by atoms with Gasteiger partial charge < -0.3 is 0 Å². The van der Waals surface area contributed by atoms with Gasteiger partial charge in [-0.15, -0.1) is 0 Å². The van der Waals surface area contributed by atoms with Gasteiger partial charge in [0.25, 0.3) is 0 Å². The lowest BCUT2D eigenvalue weighted by Crippen LogP contribution is -2.08. The molecule has 0 amide bonds. The Morgan fingerprint density at radius 3 is 1.48 bits per heavy atom. The Labute approximate surface area is 169 Å². The molecule has 1 nitrogen and oxygen atoms in total. The Kier molecular flexibility index (Phi) is 15.1. The second-order valence-electron chi connectivity index (χ2n) is 8.31. The molecule has 0 heterocycles. The van der Waals surface area contributed by atoms with Crippen LogP contribution in [0.2, 0.25) is 0 Å². The first-order chi connectivity index (χ1) is 13.3. The van der Waals surface area contributed by atoms with Gasteiger partial charge >= 0.3 is 0 Å². The van der Waals surface area contributed by atoms with Crippen molar-refractivity contribution in [3.8, 4) is 0 Å². The molecule has 0 aliphatic carbocycles. The van der Waals surface area contributed by atoms with E-state index in [9.17, 15) is 4.79 Å². The molecule has 0 fully saturated rings. The van der Waals surface area contributed by atoms with E-state index in [0.717, 1.165) is 6.42 Å². The summed E-state index contributed by atoms with van der Waals surface area (Å²) >= 11 is 0. The van der Waals surface area contributed by atoms with Crippen molar-refractivity contribution in [2.24, 2.45) is 0 Å². The van der Waals surface area contributed by atoms with Crippen molar-refractivity contribution in [1.29, 1.82) is 0 Å². The van der Waals surface area contributed by atoms with Crippen LogP contribution < -0.4 is 0 Å². The number of carbonyl (C=O) groups excluding carboxylic acids is 1. The van der Waals surface area contributed by atoms with E-state index >= 15 is 0 Å². The second-order valence-corrected chi connectivity index (χ2v) is 8.31. The summed E-state index contributed by atoms with van der Waals surface area (Å²) in [5.74, 6) is 0.416. The maximum atomic E-state index is 11.9. The van der Waals surface area contributed by atoms with Gasteiger partial charge in [-0.3, -0.25) is 4.79 Å². The number of rotatable bonds is 18. The van der Waals surface area contributed by atoms with Crippen LogP contribution in [-0.2, 0) is 4.79 Å². The number of benzene rings is 1. The zero-order valence-electron chi connectivity index (χ0n) is 18.2. The van der Waals surface area contributed by atoms with Crippen LogP contribution in [-0.4, -0.2) is 5.78 Å². The van der Waals surface area contributed by atoms with Crippen LogP contribution in [0.25, 0.3) is 0 Å². The minimum Gasteiger partial charge on any atom is -0.299 e. The molecule has 1 heteroatoms. The third-order valence-corrected chi connectivity index (χ3v) is 5.79. The first-order valence-electron chi connectivity index (χ1n) is 11.8. The molecular weight excluding hydrogens is 328 g/mol. The van der Waals surface area contributed by atoms with Gasteiger partial charge in [0.15, 0.2) is 0 Å². The standard InChI is InChI=1S/C26H44O/c1-3-4-5-6-7-8-9-10-11-12-13-14-15-16-20-23-26(24(2)27)25-21-18-17-19-22-25/h17-19,21-22,26H,3-16,20,23H2,1-2H3. The van der Waals surface area contributed by atoms with Gasteiger partial charge in [-0.25, -0.2) is 0 Å². The molecule has 0 bridgehead atoms. The van der Waals surface area contributed by atoms with Crippen LogP contribution >= 0.6 is 0 Å². The van der Waals surface area contributed by atoms with Crippen molar-refractivity contribution in [3.05, 3.63) is 35.9 Å². The van der Waals surface area contributed by atoms with E-state index in [1.807, 2.05) is 18.2 Å². The fourth-order valence-corrected chi connectivity index (χ4v) is 4.01. The van der Waals surface area contributed by atoms with Gasteiger partial charge in [0.05, 0.1) is 0 Å². The number of hydrogen-bond acceptors (Lipinski definition) is 1. The number of hydrogen-bond donors (Lipinski definition) is 0. The van der Waals surface area contributed by atoms with E-state index in [1.165, 1.54) is 102 Å². The van der Waals surface area contributed by atoms with Crippen molar-refractivity contribution in [1.82, 2.24) is 0 Å². The fraction of sp³-hybridized carbons (Fsp3) is 0.731. The molecule has 1 aromatic rings. The summed E-state index contributed by atoms with van der Waals surface area (Å²) in [5, 5.41) is 0. The summed E-state index contributed by atoms with van der Waals surface area (Å²) in [6.07, 6.45) is 21.8. The van der Waals surface area contributed by atoms with Crippen LogP contribution in [0.3, 0.4) is 0 Å². The molecule has 0 N–H and O–H groups in total. The van der Waals surface area contributed by atoms with Gasteiger partial charge in [-0.05, 0) is 18.9 Å². The van der Waals surface area contributed by atoms with E-state index in [1.54, 1.807) is 6.92 Å². The average Bonchev–Trinajstić information content (AvgIpc) is 2.68. The van der Waals surface area contributed by atoms with E-state index in [4.69, 9.17) is 0 Å². The Bertz CT molecular complexity index is 451. The summed E-state index contributed by atoms with van der Waals surface area (Å²) in [6, 6.07) is 10.3. The van der Waals surface area contributed by atoms with Gasteiger partial charge in [-0.2, -0.15) is 0 Å². The Balaban J connectivity index is 1.90. The molecule has 0 radical (unpaired) electrons. The molecule has 27 heavy (non-hydrogen) atoms. The smallest absolute Gasteiger partial charge is 0.137 e. The minimum atomic E-state index is 0.105. The average molecular weight is 373 g/mol. The molecule has 0 saturated heterocycles. The predicted molar refractivity (Wildman–Crippen MR) is 119 cm³/mol. The molecule has 0 aliphatic rings. The first-order valence-corrected chi connectivity index (χ1v) is 11.8. The van der Waals surface area contributed by atoms with Crippen molar-refractivity contribution in [3.63, 3.8) is 0 Å². The van der Waals surface area contributed by atoms with E-state index < -0.39 is 0 Å². The number of ketones is 1. The summed E-state index contributed by atoms with van der Waals surface area (Å²) in [4.78, 5) is 11.9. The Morgan fingerprint density at radius 2 is 1.07 bits per heavy atom. The predicted octanol–water partition coefficient (Wildman–Crippen LogP) is 8.62. The highest BCUT2D eigenvalue weighted by atomic mass is 16.1. The Morgan fingerprint density at radius 1 is 0.667 bits per heavy atom. The van der Waals surface area contributed by atoms with Crippen LogP contribution in [0, 0.1) is 0 Å². The molecule has 0 spiro atoms. The molecule has 1 rings (SSSR count). The Hall–Kier alpha value is -1.11. The lowest BCUT2D eigenvalue weighted by molar-refractivity contribution is -0.118. The number of Topliss-reactive ketones (excluding diaryl/α,β-unsaturated/α-hetero) is 1.